The fourth-order valence-electron chi connectivity index (χ4n) is 1.85. The number of nitrogens with two attached hydrogens (primary N) is 1. The largest absolute Gasteiger partial charge is 0.365 e. The van der Waals surface area contributed by atoms with Crippen molar-refractivity contribution in [2.45, 2.75) is 0 Å². The summed E-state index contributed by atoms with van der Waals surface area (Å²) in [6.45, 7) is 0. The summed E-state index contributed by atoms with van der Waals surface area (Å²) in [5, 5.41) is 25.2. The molecule has 10 nitrogen and oxygen atoms in total. The van der Waals surface area contributed by atoms with Gasteiger partial charge >= 0.3 is 0 Å². The summed E-state index contributed by atoms with van der Waals surface area (Å²) in [4.78, 5) is 11.3. The molecule has 2 aromatic heterocycles. The molecule has 0 bridgehead atoms. The molecule has 0 unspecified atom stereocenters. The molecule has 1 aromatic carbocycles. The van der Waals surface area contributed by atoms with Crippen LogP contribution >= 0.6 is 0 Å². The van der Waals surface area contributed by atoms with Gasteiger partial charge in [-0.05, 0) is 34.7 Å². The lowest BCUT2D eigenvalue weighted by Crippen LogP contribution is -2.02. The number of nitrogen functional groups attached to an aromatic ring is 1. The lowest BCUT2D eigenvalue weighted by molar-refractivity contribution is -0.384. The molecule has 0 saturated carbocycles. The molecule has 0 aliphatic heterocycles. The van der Waals surface area contributed by atoms with Crippen molar-refractivity contribution >= 4 is 17.9 Å². The molecule has 110 valence electrons. The van der Waals surface area contributed by atoms with Crippen LogP contribution in [-0.4, -0.2) is 36.0 Å². The van der Waals surface area contributed by atoms with Gasteiger partial charge in [0.1, 0.15) is 0 Å². The van der Waals surface area contributed by atoms with Gasteiger partial charge in [-0.25, -0.2) is 0 Å². The maximum atomic E-state index is 10.7. The van der Waals surface area contributed by atoms with Crippen LogP contribution in [0.2, 0.25) is 0 Å². The average molecular weight is 298 g/mol. The predicted molar refractivity (Wildman–Crippen MR) is 77.6 cm³/mol. The van der Waals surface area contributed by atoms with Crippen molar-refractivity contribution < 1.29 is 4.92 Å². The van der Waals surface area contributed by atoms with Crippen LogP contribution in [0.15, 0.2) is 47.7 Å². The van der Waals surface area contributed by atoms with Gasteiger partial charge in [0.2, 0.25) is 0 Å². The molecule has 2 heterocycles. The molecular weight excluding hydrogens is 288 g/mol. The maximum absolute atomic E-state index is 10.7. The zero-order valence-electron chi connectivity index (χ0n) is 11.1. The second kappa shape index (κ2) is 5.44. The van der Waals surface area contributed by atoms with Crippen molar-refractivity contribution in [3.05, 3.63) is 58.4 Å². The van der Waals surface area contributed by atoms with Crippen LogP contribution in [0.1, 0.15) is 5.69 Å². The van der Waals surface area contributed by atoms with Crippen molar-refractivity contribution in [1.82, 2.24) is 24.9 Å². The summed E-state index contributed by atoms with van der Waals surface area (Å²) in [5.41, 5.74) is 7.06. The average Bonchev–Trinajstić information content (AvgIpc) is 3.14. The van der Waals surface area contributed by atoms with Gasteiger partial charge in [0, 0.05) is 24.0 Å². The highest BCUT2D eigenvalue weighted by Gasteiger charge is 2.06. The van der Waals surface area contributed by atoms with Crippen molar-refractivity contribution in [3.8, 4) is 5.69 Å². The number of non-ortho nitro benzene ring substituents is 1. The first-order chi connectivity index (χ1) is 10.6. The molecule has 0 aliphatic carbocycles. The number of hydrogen-bond donors (Lipinski definition) is 1. The highest BCUT2D eigenvalue weighted by atomic mass is 16.6. The summed E-state index contributed by atoms with van der Waals surface area (Å²) < 4.78 is 1.81. The smallest absolute Gasteiger partial charge is 0.269 e. The Labute approximate surface area is 123 Å². The van der Waals surface area contributed by atoms with E-state index in [1.54, 1.807) is 12.1 Å². The van der Waals surface area contributed by atoms with E-state index < -0.39 is 4.92 Å². The minimum Gasteiger partial charge on any atom is -0.365 e. The SMILES string of the molecule is Nc1nnnn1/N=C/c1cccn1-c1ccc([N+](=O)[O-])cc1. The quantitative estimate of drug-likeness (QED) is 0.431. The number of anilines is 1. The van der Waals surface area contributed by atoms with E-state index in [0.29, 0.717) is 0 Å². The standard InChI is InChI=1S/C12H10N8O2/c13-12-15-16-17-19(12)14-8-11-2-1-7-18(11)9-3-5-10(6-4-9)20(21)22/h1-8H,(H2,13,15,17)/b14-8+. The minimum atomic E-state index is -0.442. The second-order valence-electron chi connectivity index (χ2n) is 4.25. The molecule has 0 atom stereocenters. The van der Waals surface area contributed by atoms with E-state index in [1.807, 2.05) is 22.9 Å². The third-order valence-electron chi connectivity index (χ3n) is 2.90. The lowest BCUT2D eigenvalue weighted by Gasteiger charge is -2.05. The summed E-state index contributed by atoms with van der Waals surface area (Å²) in [5.74, 6) is 0.0738. The second-order valence-corrected chi connectivity index (χ2v) is 4.25. The first kappa shape index (κ1) is 13.4. The summed E-state index contributed by atoms with van der Waals surface area (Å²) in [6.07, 6.45) is 3.35. The number of nitro groups is 1. The van der Waals surface area contributed by atoms with Crippen LogP contribution in [0, 0.1) is 10.1 Å². The normalized spacial score (nSPS) is 11.1. The molecule has 0 spiro atoms. The number of tetrazole rings is 1. The highest BCUT2D eigenvalue weighted by Crippen LogP contribution is 2.16. The Kier molecular flexibility index (Phi) is 3.32. The number of rotatable bonds is 4. The van der Waals surface area contributed by atoms with Gasteiger partial charge in [0.25, 0.3) is 11.6 Å². The first-order valence-electron chi connectivity index (χ1n) is 6.15. The Hall–Kier alpha value is -3.56. The topological polar surface area (TPSA) is 130 Å². The van der Waals surface area contributed by atoms with Crippen molar-refractivity contribution in [1.29, 1.82) is 0 Å². The minimum absolute atomic E-state index is 0.0348. The predicted octanol–water partition coefficient (Wildman–Crippen LogP) is 0.836. The zero-order chi connectivity index (χ0) is 15.5. The Morgan fingerprint density at radius 3 is 2.68 bits per heavy atom. The molecule has 0 amide bonds. The van der Waals surface area contributed by atoms with Crippen molar-refractivity contribution in [2.75, 3.05) is 5.73 Å². The van der Waals surface area contributed by atoms with Crippen LogP contribution in [0.25, 0.3) is 5.69 Å². The van der Waals surface area contributed by atoms with Crippen LogP contribution in [0.3, 0.4) is 0 Å². The Bertz CT molecular complexity index is 833. The van der Waals surface area contributed by atoms with Crippen LogP contribution < -0.4 is 5.73 Å². The fourth-order valence-corrected chi connectivity index (χ4v) is 1.85. The summed E-state index contributed by atoms with van der Waals surface area (Å²) in [6, 6.07) is 9.84. The van der Waals surface area contributed by atoms with Crippen molar-refractivity contribution in [3.63, 3.8) is 0 Å². The zero-order valence-corrected chi connectivity index (χ0v) is 11.1. The fraction of sp³-hybridized carbons (Fsp3) is 0. The van der Waals surface area contributed by atoms with Gasteiger partial charge in [0.15, 0.2) is 0 Å². The molecule has 0 aliphatic rings. The van der Waals surface area contributed by atoms with Crippen LogP contribution in [0.4, 0.5) is 11.6 Å². The third kappa shape index (κ3) is 2.52. The molecule has 3 aromatic rings. The monoisotopic (exact) mass is 298 g/mol. The van der Waals surface area contributed by atoms with E-state index in [-0.39, 0.29) is 11.6 Å². The summed E-state index contributed by atoms with van der Waals surface area (Å²) >= 11 is 0. The molecule has 0 saturated heterocycles. The highest BCUT2D eigenvalue weighted by molar-refractivity contribution is 5.78. The van der Waals surface area contributed by atoms with Crippen LogP contribution in [-0.2, 0) is 0 Å². The number of nitrogens with zero attached hydrogens (tertiary/aromatic N) is 7. The number of nitro benzene ring substituents is 1. The maximum Gasteiger partial charge on any atom is 0.269 e. The van der Waals surface area contributed by atoms with Gasteiger partial charge in [0.05, 0.1) is 16.8 Å². The van der Waals surface area contributed by atoms with Gasteiger partial charge in [-0.1, -0.05) is 9.89 Å². The number of aromatic nitrogens is 5. The Balaban J connectivity index is 1.90. The number of benzene rings is 1. The molecule has 3 rings (SSSR count). The van der Waals surface area contributed by atoms with Crippen molar-refractivity contribution in [2.24, 2.45) is 5.10 Å². The molecule has 0 fully saturated rings. The van der Waals surface area contributed by atoms with E-state index in [1.165, 1.54) is 18.3 Å². The van der Waals surface area contributed by atoms with Gasteiger partial charge in [-0.3, -0.25) is 10.1 Å². The van der Waals surface area contributed by atoms with Gasteiger partial charge in [-0.15, -0.1) is 0 Å². The molecule has 0 radical (unpaired) electrons. The summed E-state index contributed by atoms with van der Waals surface area (Å²) in [7, 11) is 0. The van der Waals surface area contributed by atoms with E-state index in [2.05, 4.69) is 20.6 Å². The number of hydrogen-bond acceptors (Lipinski definition) is 7. The third-order valence-corrected chi connectivity index (χ3v) is 2.90. The van der Waals surface area contributed by atoms with E-state index in [4.69, 9.17) is 5.73 Å². The molecule has 22 heavy (non-hydrogen) atoms. The van der Waals surface area contributed by atoms with Gasteiger partial charge in [-0.2, -0.15) is 5.10 Å². The molecule has 10 heteroatoms. The van der Waals surface area contributed by atoms with E-state index in [9.17, 15) is 10.1 Å². The van der Waals surface area contributed by atoms with E-state index in [0.717, 1.165) is 16.2 Å². The van der Waals surface area contributed by atoms with Crippen LogP contribution in [0.5, 0.6) is 0 Å². The van der Waals surface area contributed by atoms with Gasteiger partial charge < -0.3 is 10.3 Å². The molecular formula is C12H10N8O2. The molecule has 2 N–H and O–H groups in total. The van der Waals surface area contributed by atoms with E-state index >= 15 is 0 Å². The Morgan fingerprint density at radius 2 is 2.05 bits per heavy atom. The lowest BCUT2D eigenvalue weighted by atomic mass is 10.3. The Morgan fingerprint density at radius 1 is 1.27 bits per heavy atom. The first-order valence-corrected chi connectivity index (χ1v) is 6.15.